The molecule has 8 aromatic rings. The molecular formula is C40H28N2O2. The van der Waals surface area contributed by atoms with Crippen LogP contribution in [-0.4, -0.2) is 4.98 Å². The lowest BCUT2D eigenvalue weighted by molar-refractivity contribution is 0.617. The van der Waals surface area contributed by atoms with Crippen molar-refractivity contribution in [3.05, 3.63) is 145 Å². The third kappa shape index (κ3) is 3.61. The first-order valence-electron chi connectivity index (χ1n) is 15.0. The van der Waals surface area contributed by atoms with Gasteiger partial charge in [0.15, 0.2) is 5.58 Å². The van der Waals surface area contributed by atoms with Gasteiger partial charge in [0, 0.05) is 50.8 Å². The highest BCUT2D eigenvalue weighted by molar-refractivity contribution is 6.10. The van der Waals surface area contributed by atoms with E-state index in [9.17, 15) is 0 Å². The van der Waals surface area contributed by atoms with Crippen LogP contribution < -0.4 is 4.90 Å². The second-order valence-electron chi connectivity index (χ2n) is 12.0. The van der Waals surface area contributed by atoms with Crippen LogP contribution in [0.2, 0.25) is 0 Å². The van der Waals surface area contributed by atoms with Crippen LogP contribution in [0.4, 0.5) is 17.1 Å². The van der Waals surface area contributed by atoms with Crippen molar-refractivity contribution in [1.29, 1.82) is 0 Å². The number of aromatic nitrogens is 1. The van der Waals surface area contributed by atoms with Crippen molar-refractivity contribution in [3.8, 4) is 22.6 Å². The lowest BCUT2D eigenvalue weighted by Gasteiger charge is -2.28. The molecule has 0 amide bonds. The van der Waals surface area contributed by atoms with Gasteiger partial charge >= 0.3 is 0 Å². The van der Waals surface area contributed by atoms with Crippen molar-refractivity contribution >= 4 is 50.1 Å². The van der Waals surface area contributed by atoms with E-state index in [0.29, 0.717) is 11.5 Å². The molecule has 1 aliphatic carbocycles. The van der Waals surface area contributed by atoms with Gasteiger partial charge in [-0.25, -0.2) is 4.98 Å². The molecule has 2 heterocycles. The molecule has 6 aromatic carbocycles. The van der Waals surface area contributed by atoms with Gasteiger partial charge in [-0.15, -0.1) is 0 Å². The van der Waals surface area contributed by atoms with Gasteiger partial charge in [0.2, 0.25) is 5.89 Å². The molecule has 210 valence electrons. The number of hydrogen-bond acceptors (Lipinski definition) is 4. The lowest BCUT2D eigenvalue weighted by atomic mass is 9.82. The summed E-state index contributed by atoms with van der Waals surface area (Å²) in [4.78, 5) is 7.14. The summed E-state index contributed by atoms with van der Waals surface area (Å²) in [6.07, 6.45) is 0. The Morgan fingerprint density at radius 1 is 0.568 bits per heavy atom. The van der Waals surface area contributed by atoms with E-state index in [1.807, 2.05) is 36.4 Å². The molecule has 0 atom stereocenters. The number of hydrogen-bond donors (Lipinski definition) is 0. The molecule has 44 heavy (non-hydrogen) atoms. The first-order chi connectivity index (χ1) is 21.6. The molecule has 4 nitrogen and oxygen atoms in total. The Morgan fingerprint density at radius 3 is 2.14 bits per heavy atom. The highest BCUT2D eigenvalue weighted by Crippen LogP contribution is 2.54. The second kappa shape index (κ2) is 9.19. The molecule has 0 unspecified atom stereocenters. The minimum absolute atomic E-state index is 0.0850. The Bertz CT molecular complexity index is 2360. The summed E-state index contributed by atoms with van der Waals surface area (Å²) in [5.74, 6) is 0.610. The predicted octanol–water partition coefficient (Wildman–Crippen LogP) is 11.2. The Kier molecular flexibility index (Phi) is 5.21. The van der Waals surface area contributed by atoms with E-state index in [1.165, 1.54) is 22.3 Å². The van der Waals surface area contributed by atoms with Crippen molar-refractivity contribution in [2.75, 3.05) is 4.90 Å². The number of benzene rings is 6. The highest BCUT2D eigenvalue weighted by atomic mass is 16.4. The minimum atomic E-state index is -0.0850. The maximum absolute atomic E-state index is 6.51. The van der Waals surface area contributed by atoms with Gasteiger partial charge in [-0.05, 0) is 65.2 Å². The summed E-state index contributed by atoms with van der Waals surface area (Å²) >= 11 is 0. The lowest BCUT2D eigenvalue weighted by Crippen LogP contribution is -2.16. The molecule has 0 spiro atoms. The SMILES string of the molecule is CC1(C)c2ccccc2-c2c(N(c3ccccc3)c3ccc4c(c3)oc3cc5oc(-c6ccccc6)nc5cc34)cccc21. The van der Waals surface area contributed by atoms with Crippen molar-refractivity contribution in [1.82, 2.24) is 4.98 Å². The van der Waals surface area contributed by atoms with Crippen LogP contribution in [0.5, 0.6) is 0 Å². The van der Waals surface area contributed by atoms with Crippen LogP contribution in [0.1, 0.15) is 25.0 Å². The van der Waals surface area contributed by atoms with E-state index in [4.69, 9.17) is 13.8 Å². The summed E-state index contributed by atoms with van der Waals surface area (Å²) in [7, 11) is 0. The normalized spacial score (nSPS) is 13.4. The van der Waals surface area contributed by atoms with Gasteiger partial charge in [-0.3, -0.25) is 0 Å². The van der Waals surface area contributed by atoms with Crippen LogP contribution in [0, 0.1) is 0 Å². The Balaban J connectivity index is 1.22. The number of furan rings is 1. The van der Waals surface area contributed by atoms with Gasteiger partial charge in [0.1, 0.15) is 16.7 Å². The topological polar surface area (TPSA) is 42.4 Å². The number of rotatable bonds is 4. The quantitative estimate of drug-likeness (QED) is 0.212. The molecule has 0 bridgehead atoms. The Hall–Kier alpha value is -5.61. The average molecular weight is 569 g/mol. The molecule has 2 aromatic heterocycles. The zero-order valence-corrected chi connectivity index (χ0v) is 24.4. The fourth-order valence-electron chi connectivity index (χ4n) is 6.96. The molecule has 0 saturated carbocycles. The van der Waals surface area contributed by atoms with Gasteiger partial charge in [0.05, 0.1) is 5.69 Å². The average Bonchev–Trinajstić information content (AvgIpc) is 3.71. The van der Waals surface area contributed by atoms with E-state index >= 15 is 0 Å². The summed E-state index contributed by atoms with van der Waals surface area (Å²) in [5.41, 5.74) is 12.5. The molecule has 0 fully saturated rings. The molecular weight excluding hydrogens is 540 g/mol. The molecule has 0 N–H and O–H groups in total. The third-order valence-corrected chi connectivity index (χ3v) is 9.08. The summed E-state index contributed by atoms with van der Waals surface area (Å²) in [6.45, 7) is 4.64. The van der Waals surface area contributed by atoms with Gasteiger partial charge < -0.3 is 13.7 Å². The maximum Gasteiger partial charge on any atom is 0.227 e. The standard InChI is InChI=1S/C40H28N2O2/c1-40(2)31-17-10-9-16-29(31)38-32(40)18-11-19-34(38)42(26-14-7-4-8-15-26)27-20-21-28-30-23-33-37(24-36(30)43-35(28)22-27)44-39(41-33)25-12-5-3-6-13-25/h3-24H,1-2H3. The molecule has 4 heteroatoms. The molecule has 1 aliphatic rings. The van der Waals surface area contributed by atoms with E-state index < -0.39 is 0 Å². The number of nitrogens with zero attached hydrogens (tertiary/aromatic N) is 2. The highest BCUT2D eigenvalue weighted by Gasteiger charge is 2.37. The number of oxazole rings is 1. The smallest absolute Gasteiger partial charge is 0.227 e. The third-order valence-electron chi connectivity index (χ3n) is 9.08. The largest absolute Gasteiger partial charge is 0.456 e. The van der Waals surface area contributed by atoms with E-state index in [-0.39, 0.29) is 5.41 Å². The van der Waals surface area contributed by atoms with Gasteiger partial charge in [-0.1, -0.05) is 86.6 Å². The Labute approximate surface area is 254 Å². The number of fused-ring (bicyclic) bond motifs is 7. The fraction of sp³-hybridized carbons (Fsp3) is 0.0750. The van der Waals surface area contributed by atoms with E-state index in [1.54, 1.807) is 0 Å². The van der Waals surface area contributed by atoms with Crippen molar-refractivity contribution in [2.45, 2.75) is 19.3 Å². The Morgan fingerprint density at radius 2 is 1.30 bits per heavy atom. The zero-order chi connectivity index (χ0) is 29.4. The van der Waals surface area contributed by atoms with Crippen molar-refractivity contribution in [2.24, 2.45) is 0 Å². The fourth-order valence-corrected chi connectivity index (χ4v) is 6.96. The van der Waals surface area contributed by atoms with Crippen LogP contribution in [0.15, 0.2) is 142 Å². The molecule has 0 aliphatic heterocycles. The minimum Gasteiger partial charge on any atom is -0.456 e. The first-order valence-corrected chi connectivity index (χ1v) is 15.0. The predicted molar refractivity (Wildman–Crippen MR) is 179 cm³/mol. The van der Waals surface area contributed by atoms with E-state index in [2.05, 4.69) is 116 Å². The van der Waals surface area contributed by atoms with Gasteiger partial charge in [0.25, 0.3) is 0 Å². The number of anilines is 3. The van der Waals surface area contributed by atoms with Crippen molar-refractivity contribution < 1.29 is 8.83 Å². The molecule has 9 rings (SSSR count). The molecule has 0 saturated heterocycles. The van der Waals surface area contributed by atoms with Crippen LogP contribution in [0.3, 0.4) is 0 Å². The first kappa shape index (κ1) is 24.9. The van der Waals surface area contributed by atoms with E-state index in [0.717, 1.165) is 50.1 Å². The second-order valence-corrected chi connectivity index (χ2v) is 12.0. The summed E-state index contributed by atoms with van der Waals surface area (Å²) in [6, 6.07) is 46.6. The van der Waals surface area contributed by atoms with Crippen molar-refractivity contribution in [3.63, 3.8) is 0 Å². The van der Waals surface area contributed by atoms with Crippen LogP contribution in [-0.2, 0) is 5.41 Å². The maximum atomic E-state index is 6.51. The molecule has 0 radical (unpaired) electrons. The van der Waals surface area contributed by atoms with Crippen LogP contribution in [0.25, 0.3) is 55.6 Å². The number of para-hydroxylation sites is 1. The zero-order valence-electron chi connectivity index (χ0n) is 24.4. The monoisotopic (exact) mass is 568 g/mol. The van der Waals surface area contributed by atoms with Gasteiger partial charge in [-0.2, -0.15) is 0 Å². The summed E-state index contributed by atoms with van der Waals surface area (Å²) in [5, 5.41) is 2.07. The van der Waals surface area contributed by atoms with Crippen LogP contribution >= 0.6 is 0 Å². The summed E-state index contributed by atoms with van der Waals surface area (Å²) < 4.78 is 12.7.